The van der Waals surface area contributed by atoms with E-state index in [0.717, 1.165) is 99.6 Å². The molecule has 0 saturated heterocycles. The number of methoxy groups -OCH3 is 1. The first-order chi connectivity index (χ1) is 59.4. The average molecular weight is 2070 g/mol. The molecule has 13 aromatic carbocycles. The molecular formula is C101H113BrClF6NOS15. The molecule has 0 saturated carbocycles. The third kappa shape index (κ3) is 61.4. The third-order valence-corrected chi connectivity index (χ3v) is 22.0. The van der Waals surface area contributed by atoms with Gasteiger partial charge in [-0.3, -0.25) is 0 Å². The molecule has 0 fully saturated rings. The van der Waals surface area contributed by atoms with Crippen molar-refractivity contribution >= 4 is 215 Å². The van der Waals surface area contributed by atoms with Gasteiger partial charge in [-0.15, -0.1) is 176 Å². The Morgan fingerprint density at radius 1 is 0.405 bits per heavy atom. The van der Waals surface area contributed by atoms with Crippen LogP contribution in [0.5, 0.6) is 5.75 Å². The van der Waals surface area contributed by atoms with Crippen molar-refractivity contribution in [3.63, 3.8) is 0 Å². The first kappa shape index (κ1) is 119. The van der Waals surface area contributed by atoms with E-state index in [-0.39, 0.29) is 22.1 Å². The summed E-state index contributed by atoms with van der Waals surface area (Å²) < 4.78 is 77.3. The van der Waals surface area contributed by atoms with Gasteiger partial charge in [0.25, 0.3) is 0 Å². The summed E-state index contributed by atoms with van der Waals surface area (Å²) in [5.74, 6) is 2.11. The molecule has 0 aliphatic heterocycles. The Balaban J connectivity index is 0.000000684. The molecule has 0 aliphatic rings. The van der Waals surface area contributed by atoms with Gasteiger partial charge in [0, 0.05) is 82.9 Å². The van der Waals surface area contributed by atoms with Gasteiger partial charge in [-0.25, -0.2) is 0 Å². The molecule has 0 N–H and O–H groups in total. The number of rotatable bonds is 10. The summed E-state index contributed by atoms with van der Waals surface area (Å²) in [4.78, 5) is 13.3. The van der Waals surface area contributed by atoms with Gasteiger partial charge in [0.05, 0.1) is 25.2 Å². The largest absolute Gasteiger partial charge is 0.497 e. The Kier molecular flexibility index (Phi) is 64.0. The standard InChI is InChI=1S/2C10H14S.2C9H12S.C8H7NS.C8H10S.C7H5F3S2.C7H5F3S.C7H8OS.C7H8S2.C7H8S.C6H5BrS.C6H5ClS/c1-10(2,3)8-5-4-6-9(11)7-8;1-3-8(2)9-5-4-6-10(11)7-9;1-7(2)8-4-3-5-9(10)6-8;1-2-4-8-5-3-6-9(10)7-8;9-5-4-7-2-1-3-8(10)6-7;1-2-7-4-3-5-8(9)6-7;8-7(9,10)12-6-3-1-2-5(11)4-6;8-7(9,10)5-2-1-3-6(11)4-5;1-8-6-3-2-4-7(9)5-6;1-9-7-4-2-3-6(8)5-7;1-6-3-2-4-7(8)5-6;2*7-5-2-1-3-6(8)4-5/h4-7,11H,1-3H3;4-8,11H,3H2,1-2H3;3-7,10H,1-2H3;3,5-7,10H,2,4H2,1H3;1-3,6,10H,4H2;3-6,9H,2H2,1H3;1-4,11H;1-4,11H;2-5,9H,1H3;2-5,8H,1H3;2-5,8H,1H3;2*1-4,8H. The topological polar surface area (TPSA) is 33.0 Å². The van der Waals surface area contributed by atoms with Gasteiger partial charge in [-0.1, -0.05) is 223 Å². The number of alkyl halides is 6. The summed E-state index contributed by atoms with van der Waals surface area (Å²) >= 11 is 64.3. The van der Waals surface area contributed by atoms with Crippen LogP contribution in [0.15, 0.2) is 393 Å². The highest BCUT2D eigenvalue weighted by atomic mass is 79.9. The lowest BCUT2D eigenvalue weighted by Crippen LogP contribution is -2.10. The number of hydrogen-bond acceptors (Lipinski definition) is 17. The van der Waals surface area contributed by atoms with Crippen LogP contribution in [0.4, 0.5) is 26.3 Å². The number of hydrogen-bond donors (Lipinski definition) is 13. The molecular weight excluding hydrogens is 1950 g/mol. The van der Waals surface area contributed by atoms with Crippen LogP contribution in [0.1, 0.15) is 131 Å². The number of thiol groups is 13. The number of thioether (sulfide) groups is 2. The molecule has 674 valence electrons. The molecule has 13 rings (SSSR count). The molecule has 0 radical (unpaired) electrons. The van der Waals surface area contributed by atoms with E-state index in [2.05, 4.69) is 341 Å². The maximum absolute atomic E-state index is 11.9. The highest BCUT2D eigenvalue weighted by molar-refractivity contribution is 9.10. The first-order valence-corrected chi connectivity index (χ1v) is 48.2. The van der Waals surface area contributed by atoms with Crippen molar-refractivity contribution in [2.24, 2.45) is 0 Å². The van der Waals surface area contributed by atoms with Gasteiger partial charge in [0.1, 0.15) is 5.75 Å². The number of ether oxygens (including phenoxy) is 1. The average Bonchev–Trinajstić information content (AvgIpc) is 0.871. The Morgan fingerprint density at radius 2 is 0.770 bits per heavy atom. The van der Waals surface area contributed by atoms with E-state index in [1.807, 2.05) is 182 Å². The number of nitriles is 1. The van der Waals surface area contributed by atoms with Crippen molar-refractivity contribution in [3.8, 4) is 11.8 Å². The third-order valence-electron chi connectivity index (χ3n) is 16.2. The summed E-state index contributed by atoms with van der Waals surface area (Å²) in [5, 5.41) is 9.07. The second-order valence-corrected chi connectivity index (χ2v) is 38.3. The predicted octanol–water partition coefficient (Wildman–Crippen LogP) is 36.3. The van der Waals surface area contributed by atoms with Crippen LogP contribution in [0.3, 0.4) is 0 Å². The quantitative estimate of drug-likeness (QED) is 0.0383. The van der Waals surface area contributed by atoms with Crippen molar-refractivity contribution in [2.75, 3.05) is 13.4 Å². The summed E-state index contributed by atoms with van der Waals surface area (Å²) in [6, 6.07) is 101. The van der Waals surface area contributed by atoms with Crippen LogP contribution < -0.4 is 4.74 Å². The van der Waals surface area contributed by atoms with Gasteiger partial charge in [-0.05, 0) is 289 Å². The minimum absolute atomic E-state index is 0.134. The second-order valence-electron chi connectivity index (χ2n) is 28.2. The lowest BCUT2D eigenvalue weighted by Gasteiger charge is -2.18. The molecule has 1 atom stereocenters. The monoisotopic (exact) mass is 2060 g/mol. The normalized spacial score (nSPS) is 10.4. The molecule has 0 bridgehead atoms. The number of halogens is 8. The smallest absolute Gasteiger partial charge is 0.446 e. The zero-order valence-electron chi connectivity index (χ0n) is 72.2. The SMILES string of the molecule is CC(C)(C)c1cccc(S)c1.CC(C)c1cccc(S)c1.CCC(C)c1cccc(S)c1.CCCc1cccc(S)c1.CCc1cccc(S)c1.COc1cccc(S)c1.CSc1cccc(S)c1.Cc1cccc(S)c1.FC(F)(F)Sc1cccc(S)c1.FC(F)(F)c1cccc(S)c1.N#CCc1cccc(S)c1.Sc1cccc(Br)c1.Sc1cccc(Cl)c1. The molecule has 0 aromatic heterocycles. The van der Waals surface area contributed by atoms with Crippen LogP contribution in [-0.4, -0.2) is 18.9 Å². The number of aryl methyl sites for hydroxylation is 3. The molecule has 0 spiro atoms. The Bertz CT molecular complexity index is 4900. The van der Waals surface area contributed by atoms with Crippen LogP contribution in [0, 0.1) is 18.3 Å². The van der Waals surface area contributed by atoms with Gasteiger partial charge in [0.2, 0.25) is 0 Å². The first-order valence-electron chi connectivity index (χ1n) is 39.2. The van der Waals surface area contributed by atoms with Crippen LogP contribution in [-0.2, 0) is 30.9 Å². The van der Waals surface area contributed by atoms with E-state index in [4.69, 9.17) is 21.6 Å². The van der Waals surface area contributed by atoms with Crippen molar-refractivity contribution in [2.45, 2.75) is 204 Å². The molecule has 13 aromatic rings. The molecule has 1 unspecified atom stereocenters. The second kappa shape index (κ2) is 67.9. The van der Waals surface area contributed by atoms with Gasteiger partial charge in [0.15, 0.2) is 0 Å². The van der Waals surface area contributed by atoms with Crippen molar-refractivity contribution < 1.29 is 31.1 Å². The highest BCUT2D eigenvalue weighted by Crippen LogP contribution is 2.38. The molecule has 2 nitrogen and oxygen atoms in total. The lowest BCUT2D eigenvalue weighted by molar-refractivity contribution is -0.137. The Labute approximate surface area is 841 Å². The number of benzene rings is 13. The van der Waals surface area contributed by atoms with E-state index in [9.17, 15) is 26.3 Å². The summed E-state index contributed by atoms with van der Waals surface area (Å²) in [7, 11) is 1.64. The maximum Gasteiger partial charge on any atom is 0.446 e. The van der Waals surface area contributed by atoms with Crippen molar-refractivity contribution in [1.82, 2.24) is 0 Å². The minimum Gasteiger partial charge on any atom is -0.497 e. The molecule has 25 heteroatoms. The molecule has 0 heterocycles. The molecule has 0 amide bonds. The van der Waals surface area contributed by atoms with E-state index in [0.29, 0.717) is 28.0 Å². The van der Waals surface area contributed by atoms with E-state index in [1.54, 1.807) is 31.0 Å². The number of nitrogens with zero attached hydrogens (tertiary/aromatic N) is 1. The van der Waals surface area contributed by atoms with E-state index < -0.39 is 17.2 Å². The predicted molar refractivity (Wildman–Crippen MR) is 575 cm³/mol. The lowest BCUT2D eigenvalue weighted by atomic mass is 9.87. The van der Waals surface area contributed by atoms with Crippen LogP contribution in [0.25, 0.3) is 0 Å². The summed E-state index contributed by atoms with van der Waals surface area (Å²) in [6.07, 6.45) is 2.91. The fourth-order valence-electron chi connectivity index (χ4n) is 9.62. The van der Waals surface area contributed by atoms with E-state index in [1.165, 1.54) is 81.4 Å². The Morgan fingerprint density at radius 3 is 1.09 bits per heavy atom. The molecule has 0 aliphatic carbocycles. The van der Waals surface area contributed by atoms with Crippen molar-refractivity contribution in [3.05, 3.63) is 369 Å². The van der Waals surface area contributed by atoms with E-state index >= 15 is 0 Å². The van der Waals surface area contributed by atoms with Gasteiger partial charge < -0.3 is 4.74 Å². The van der Waals surface area contributed by atoms with Gasteiger partial charge >= 0.3 is 11.7 Å². The van der Waals surface area contributed by atoms with Crippen LogP contribution >= 0.6 is 215 Å². The van der Waals surface area contributed by atoms with Gasteiger partial charge in [-0.2, -0.15) is 31.6 Å². The highest BCUT2D eigenvalue weighted by Gasteiger charge is 2.30. The molecule has 126 heavy (non-hydrogen) atoms. The zero-order chi connectivity index (χ0) is 94.8. The Hall–Kier alpha value is -5.25. The minimum atomic E-state index is -4.27. The fraction of sp³-hybridized carbons (Fsp3) is 0.218. The van der Waals surface area contributed by atoms with Crippen molar-refractivity contribution in [1.29, 1.82) is 5.26 Å². The summed E-state index contributed by atoms with van der Waals surface area (Å²) in [6.45, 7) is 21.8. The van der Waals surface area contributed by atoms with Crippen LogP contribution in [0.2, 0.25) is 5.02 Å². The maximum atomic E-state index is 11.9. The zero-order valence-corrected chi connectivity index (χ0v) is 87.8. The fourth-order valence-corrected chi connectivity index (χ4v) is 14.8. The summed E-state index contributed by atoms with van der Waals surface area (Å²) in [5.41, 5.74) is 4.45.